The second kappa shape index (κ2) is 6.02. The zero-order chi connectivity index (χ0) is 13.7. The van der Waals surface area contributed by atoms with Crippen molar-refractivity contribution in [2.75, 3.05) is 10.6 Å². The molecule has 0 aliphatic carbocycles. The molecule has 0 saturated carbocycles. The van der Waals surface area contributed by atoms with E-state index in [4.69, 9.17) is 5.73 Å². The Morgan fingerprint density at radius 3 is 2.37 bits per heavy atom. The number of carbonyl (C=O) groups is 1. The first-order valence-corrected chi connectivity index (χ1v) is 6.11. The molecule has 0 unspecified atom stereocenters. The third-order valence-corrected chi connectivity index (χ3v) is 2.84. The van der Waals surface area contributed by atoms with Crippen LogP contribution in [0.2, 0.25) is 0 Å². The van der Waals surface area contributed by atoms with Crippen LogP contribution in [0.5, 0.6) is 0 Å². The first kappa shape index (κ1) is 13.1. The van der Waals surface area contributed by atoms with Gasteiger partial charge in [-0.05, 0) is 36.2 Å². The Balaban J connectivity index is 1.99. The molecule has 4 heteroatoms. The summed E-state index contributed by atoms with van der Waals surface area (Å²) in [6.45, 7) is 2.45. The minimum Gasteiger partial charge on any atom is -0.326 e. The van der Waals surface area contributed by atoms with E-state index in [2.05, 4.69) is 10.6 Å². The maximum Gasteiger partial charge on any atom is 0.323 e. The summed E-state index contributed by atoms with van der Waals surface area (Å²) < 4.78 is 0. The molecule has 98 valence electrons. The maximum absolute atomic E-state index is 11.8. The molecule has 0 heterocycles. The third-order valence-electron chi connectivity index (χ3n) is 2.84. The van der Waals surface area contributed by atoms with Crippen molar-refractivity contribution < 1.29 is 4.79 Å². The number of urea groups is 1. The molecule has 2 amide bonds. The molecule has 0 atom stereocenters. The third kappa shape index (κ3) is 3.56. The topological polar surface area (TPSA) is 67.2 Å². The predicted octanol–water partition coefficient (Wildman–Crippen LogP) is 3.10. The molecule has 0 aliphatic rings. The summed E-state index contributed by atoms with van der Waals surface area (Å²) in [6.07, 6.45) is 0. The van der Waals surface area contributed by atoms with Crippen LogP contribution in [0.1, 0.15) is 11.1 Å². The number of nitrogens with two attached hydrogens (primary N) is 1. The van der Waals surface area contributed by atoms with E-state index < -0.39 is 0 Å². The largest absolute Gasteiger partial charge is 0.326 e. The Hall–Kier alpha value is -2.33. The Morgan fingerprint density at radius 1 is 1.05 bits per heavy atom. The average Bonchev–Trinajstić information content (AvgIpc) is 2.42. The van der Waals surface area contributed by atoms with Crippen LogP contribution >= 0.6 is 0 Å². The van der Waals surface area contributed by atoms with E-state index in [9.17, 15) is 4.79 Å². The number of para-hydroxylation sites is 1. The van der Waals surface area contributed by atoms with Crippen LogP contribution in [0.25, 0.3) is 0 Å². The lowest BCUT2D eigenvalue weighted by atomic mass is 10.2. The summed E-state index contributed by atoms with van der Waals surface area (Å²) in [5, 5.41) is 5.59. The van der Waals surface area contributed by atoms with Gasteiger partial charge in [0, 0.05) is 17.9 Å². The van der Waals surface area contributed by atoms with Gasteiger partial charge in [0.15, 0.2) is 0 Å². The van der Waals surface area contributed by atoms with E-state index in [1.165, 1.54) is 0 Å². The number of aryl methyl sites for hydroxylation is 1. The highest BCUT2D eigenvalue weighted by molar-refractivity contribution is 6.00. The van der Waals surface area contributed by atoms with Crippen LogP contribution in [-0.4, -0.2) is 6.03 Å². The normalized spacial score (nSPS) is 10.0. The Bertz CT molecular complexity index is 564. The van der Waals surface area contributed by atoms with Gasteiger partial charge in [-0.1, -0.05) is 30.3 Å². The quantitative estimate of drug-likeness (QED) is 0.789. The summed E-state index contributed by atoms with van der Waals surface area (Å²) in [4.78, 5) is 11.8. The molecule has 0 saturated heterocycles. The summed E-state index contributed by atoms with van der Waals surface area (Å²) in [7, 11) is 0. The lowest BCUT2D eigenvalue weighted by Gasteiger charge is -2.10. The Morgan fingerprint density at radius 2 is 1.74 bits per heavy atom. The zero-order valence-electron chi connectivity index (χ0n) is 10.8. The average molecular weight is 255 g/mol. The molecule has 4 N–H and O–H groups in total. The van der Waals surface area contributed by atoms with Crippen LogP contribution < -0.4 is 16.4 Å². The number of amides is 2. The second-order valence-corrected chi connectivity index (χ2v) is 4.30. The van der Waals surface area contributed by atoms with E-state index >= 15 is 0 Å². The summed E-state index contributed by atoms with van der Waals surface area (Å²) >= 11 is 0. The summed E-state index contributed by atoms with van der Waals surface area (Å²) in [5.41, 5.74) is 9.12. The highest BCUT2D eigenvalue weighted by Gasteiger charge is 2.04. The molecule has 19 heavy (non-hydrogen) atoms. The number of rotatable bonds is 3. The van der Waals surface area contributed by atoms with Gasteiger partial charge in [-0.3, -0.25) is 0 Å². The van der Waals surface area contributed by atoms with Crippen molar-refractivity contribution >= 4 is 17.4 Å². The van der Waals surface area contributed by atoms with Crippen LogP contribution in [-0.2, 0) is 6.54 Å². The van der Waals surface area contributed by atoms with E-state index in [1.54, 1.807) is 0 Å². The van der Waals surface area contributed by atoms with Crippen molar-refractivity contribution in [3.05, 3.63) is 59.7 Å². The molecule has 0 radical (unpaired) electrons. The van der Waals surface area contributed by atoms with Crippen LogP contribution in [0.15, 0.2) is 48.5 Å². The standard InChI is InChI=1S/C15H17N3O/c1-11-4-2-3-5-14(11)18-15(19)17-13-8-6-12(10-16)7-9-13/h2-9H,10,16H2,1H3,(H2,17,18,19). The summed E-state index contributed by atoms with van der Waals surface area (Å²) in [5.74, 6) is 0. The van der Waals surface area contributed by atoms with Crippen molar-refractivity contribution in [2.45, 2.75) is 13.5 Å². The van der Waals surface area contributed by atoms with Crippen molar-refractivity contribution in [2.24, 2.45) is 5.73 Å². The molecule has 0 spiro atoms. The van der Waals surface area contributed by atoms with Gasteiger partial charge in [0.05, 0.1) is 0 Å². The van der Waals surface area contributed by atoms with Gasteiger partial charge in [0.1, 0.15) is 0 Å². The molecule has 0 bridgehead atoms. The van der Waals surface area contributed by atoms with E-state index in [-0.39, 0.29) is 6.03 Å². The second-order valence-electron chi connectivity index (χ2n) is 4.30. The molecule has 2 aromatic carbocycles. The minimum atomic E-state index is -0.255. The number of hydrogen-bond donors (Lipinski definition) is 3. The molecule has 0 aromatic heterocycles. The van der Waals surface area contributed by atoms with Crippen molar-refractivity contribution in [3.8, 4) is 0 Å². The van der Waals surface area contributed by atoms with Gasteiger partial charge in [-0.15, -0.1) is 0 Å². The van der Waals surface area contributed by atoms with Crippen molar-refractivity contribution in [3.63, 3.8) is 0 Å². The molecule has 2 rings (SSSR count). The number of carbonyl (C=O) groups excluding carboxylic acids is 1. The fraction of sp³-hybridized carbons (Fsp3) is 0.133. The SMILES string of the molecule is Cc1ccccc1NC(=O)Nc1ccc(CN)cc1. The number of nitrogens with one attached hydrogen (secondary N) is 2. The first-order valence-electron chi connectivity index (χ1n) is 6.11. The molecule has 0 fully saturated rings. The Kier molecular flexibility index (Phi) is 4.15. The van der Waals surface area contributed by atoms with Gasteiger partial charge in [0.25, 0.3) is 0 Å². The number of benzene rings is 2. The highest BCUT2D eigenvalue weighted by atomic mass is 16.2. The van der Waals surface area contributed by atoms with Gasteiger partial charge < -0.3 is 16.4 Å². The fourth-order valence-corrected chi connectivity index (χ4v) is 1.72. The first-order chi connectivity index (χ1) is 9.19. The smallest absolute Gasteiger partial charge is 0.323 e. The molecule has 2 aromatic rings. The van der Waals surface area contributed by atoms with Crippen molar-refractivity contribution in [1.29, 1.82) is 0 Å². The zero-order valence-corrected chi connectivity index (χ0v) is 10.8. The fourth-order valence-electron chi connectivity index (χ4n) is 1.72. The lowest BCUT2D eigenvalue weighted by Crippen LogP contribution is -2.19. The highest BCUT2D eigenvalue weighted by Crippen LogP contribution is 2.14. The molecular formula is C15H17N3O. The number of anilines is 2. The van der Waals surface area contributed by atoms with Crippen molar-refractivity contribution in [1.82, 2.24) is 0 Å². The van der Waals surface area contributed by atoms with Crippen LogP contribution in [0.3, 0.4) is 0 Å². The Labute approximate surface area is 112 Å². The lowest BCUT2D eigenvalue weighted by molar-refractivity contribution is 0.262. The van der Waals surface area contributed by atoms with Gasteiger partial charge in [-0.2, -0.15) is 0 Å². The number of hydrogen-bond acceptors (Lipinski definition) is 2. The predicted molar refractivity (Wildman–Crippen MR) is 78.2 cm³/mol. The maximum atomic E-state index is 11.8. The van der Waals surface area contributed by atoms with Gasteiger partial charge in [-0.25, -0.2) is 4.79 Å². The van der Waals surface area contributed by atoms with E-state index in [0.29, 0.717) is 6.54 Å². The van der Waals surface area contributed by atoms with E-state index in [1.807, 2.05) is 55.5 Å². The minimum absolute atomic E-state index is 0.255. The van der Waals surface area contributed by atoms with E-state index in [0.717, 1.165) is 22.5 Å². The summed E-state index contributed by atoms with van der Waals surface area (Å²) in [6, 6.07) is 14.8. The van der Waals surface area contributed by atoms with Gasteiger partial charge >= 0.3 is 6.03 Å². The molecule has 0 aliphatic heterocycles. The molecule has 4 nitrogen and oxygen atoms in total. The monoisotopic (exact) mass is 255 g/mol. The molecular weight excluding hydrogens is 238 g/mol. The van der Waals surface area contributed by atoms with Crippen LogP contribution in [0, 0.1) is 6.92 Å². The van der Waals surface area contributed by atoms with Crippen LogP contribution in [0.4, 0.5) is 16.2 Å². The van der Waals surface area contributed by atoms with Gasteiger partial charge in [0.2, 0.25) is 0 Å².